The maximum atomic E-state index is 12.2. The van der Waals surface area contributed by atoms with Crippen molar-refractivity contribution >= 4 is 15.7 Å². The number of hydrogen-bond donors (Lipinski definition) is 1. The van der Waals surface area contributed by atoms with Crippen LogP contribution in [0.5, 0.6) is 5.75 Å². The summed E-state index contributed by atoms with van der Waals surface area (Å²) in [5, 5.41) is 0. The second kappa shape index (κ2) is 6.92. The zero-order chi connectivity index (χ0) is 14.4. The van der Waals surface area contributed by atoms with E-state index in [-0.39, 0.29) is 12.4 Å². The number of nitrogens with zero attached hydrogens (tertiary/aromatic N) is 1. The summed E-state index contributed by atoms with van der Waals surface area (Å²) in [4.78, 5) is 0. The molecule has 2 N–H and O–H groups in total. The topological polar surface area (TPSA) is 81.9 Å². The molecule has 0 saturated carbocycles. The van der Waals surface area contributed by atoms with Crippen LogP contribution in [-0.4, -0.2) is 51.4 Å². The van der Waals surface area contributed by atoms with Crippen molar-refractivity contribution in [2.45, 2.75) is 6.42 Å². The van der Waals surface area contributed by atoms with Crippen LogP contribution >= 0.6 is 0 Å². The number of hydrogen-bond acceptors (Lipinski definition) is 5. The third-order valence-electron chi connectivity index (χ3n) is 3.09. The SMILES string of the molecule is Nc1ccccc1OCCS(=O)(=O)N1CCCOCC1. The van der Waals surface area contributed by atoms with Crippen molar-refractivity contribution in [2.75, 3.05) is 44.4 Å². The summed E-state index contributed by atoms with van der Waals surface area (Å²) < 4.78 is 36.5. The molecule has 0 bridgehead atoms. The highest BCUT2D eigenvalue weighted by Gasteiger charge is 2.23. The molecule has 0 spiro atoms. The Hall–Kier alpha value is -1.31. The summed E-state index contributed by atoms with van der Waals surface area (Å²) >= 11 is 0. The number of rotatable bonds is 5. The largest absolute Gasteiger partial charge is 0.490 e. The maximum Gasteiger partial charge on any atom is 0.217 e. The van der Waals surface area contributed by atoms with Crippen molar-refractivity contribution in [3.05, 3.63) is 24.3 Å². The zero-order valence-corrected chi connectivity index (χ0v) is 12.1. The highest BCUT2D eigenvalue weighted by Crippen LogP contribution is 2.19. The van der Waals surface area contributed by atoms with Gasteiger partial charge in [-0.2, -0.15) is 4.31 Å². The third-order valence-corrected chi connectivity index (χ3v) is 4.93. The van der Waals surface area contributed by atoms with E-state index in [1.54, 1.807) is 24.3 Å². The summed E-state index contributed by atoms with van der Waals surface area (Å²) in [6.45, 7) is 2.08. The van der Waals surface area contributed by atoms with Crippen LogP contribution in [0.3, 0.4) is 0 Å². The molecular formula is C13H20N2O4S. The Bertz CT molecular complexity index is 525. The molecule has 6 nitrogen and oxygen atoms in total. The predicted octanol–water partition coefficient (Wildman–Crippen LogP) is 0.700. The average molecular weight is 300 g/mol. The van der Waals surface area contributed by atoms with E-state index >= 15 is 0 Å². The van der Waals surface area contributed by atoms with Gasteiger partial charge in [-0.1, -0.05) is 12.1 Å². The second-order valence-electron chi connectivity index (χ2n) is 4.57. The minimum absolute atomic E-state index is 0.0542. The van der Waals surface area contributed by atoms with Crippen LogP contribution in [0, 0.1) is 0 Å². The first-order chi connectivity index (χ1) is 9.59. The van der Waals surface area contributed by atoms with E-state index in [2.05, 4.69) is 0 Å². The molecular weight excluding hydrogens is 280 g/mol. The lowest BCUT2D eigenvalue weighted by Crippen LogP contribution is -2.36. The molecule has 1 aliphatic rings. The van der Waals surface area contributed by atoms with Gasteiger partial charge in [-0.25, -0.2) is 8.42 Å². The summed E-state index contributed by atoms with van der Waals surface area (Å²) in [6, 6.07) is 7.04. The summed E-state index contributed by atoms with van der Waals surface area (Å²) in [7, 11) is -3.30. The number of benzene rings is 1. The quantitative estimate of drug-likeness (QED) is 0.810. The van der Waals surface area contributed by atoms with E-state index in [1.807, 2.05) is 0 Å². The molecule has 0 radical (unpaired) electrons. The zero-order valence-electron chi connectivity index (χ0n) is 11.3. The summed E-state index contributed by atoms with van der Waals surface area (Å²) in [6.07, 6.45) is 0.728. The predicted molar refractivity (Wildman–Crippen MR) is 77.1 cm³/mol. The van der Waals surface area contributed by atoms with Gasteiger partial charge in [0.05, 0.1) is 18.0 Å². The molecule has 0 atom stereocenters. The van der Waals surface area contributed by atoms with Gasteiger partial charge in [0.1, 0.15) is 12.4 Å². The first-order valence-corrected chi connectivity index (χ1v) is 8.23. The van der Waals surface area contributed by atoms with Crippen molar-refractivity contribution in [3.63, 3.8) is 0 Å². The second-order valence-corrected chi connectivity index (χ2v) is 6.66. The lowest BCUT2D eigenvalue weighted by Gasteiger charge is -2.19. The fourth-order valence-corrected chi connectivity index (χ4v) is 3.31. The van der Waals surface area contributed by atoms with Crippen molar-refractivity contribution < 1.29 is 17.9 Å². The standard InChI is InChI=1S/C13H20N2O4S/c14-12-4-1-2-5-13(12)19-10-11-20(16,17)15-6-3-8-18-9-7-15/h1-2,4-5H,3,6-11,14H2. The molecule has 1 heterocycles. The molecule has 0 unspecified atom stereocenters. The molecule has 0 aliphatic carbocycles. The van der Waals surface area contributed by atoms with Crippen LogP contribution in [0.1, 0.15) is 6.42 Å². The van der Waals surface area contributed by atoms with Gasteiger partial charge in [0, 0.05) is 19.7 Å². The molecule has 1 aliphatic heterocycles. The van der Waals surface area contributed by atoms with Crippen LogP contribution in [0.4, 0.5) is 5.69 Å². The van der Waals surface area contributed by atoms with Gasteiger partial charge in [0.25, 0.3) is 0 Å². The van der Waals surface area contributed by atoms with E-state index in [9.17, 15) is 8.42 Å². The Labute approximate surface area is 119 Å². The Morgan fingerprint density at radius 1 is 1.25 bits per heavy atom. The van der Waals surface area contributed by atoms with E-state index in [0.29, 0.717) is 37.7 Å². The summed E-state index contributed by atoms with van der Waals surface area (Å²) in [5.74, 6) is 0.461. The van der Waals surface area contributed by atoms with Gasteiger partial charge in [0.2, 0.25) is 10.0 Å². The molecule has 1 aromatic carbocycles. The van der Waals surface area contributed by atoms with Gasteiger partial charge < -0.3 is 15.2 Å². The normalized spacial score (nSPS) is 17.6. The molecule has 0 amide bonds. The van der Waals surface area contributed by atoms with E-state index in [1.165, 1.54) is 4.31 Å². The fourth-order valence-electron chi connectivity index (χ4n) is 2.00. The van der Waals surface area contributed by atoms with Crippen LogP contribution in [0.15, 0.2) is 24.3 Å². The molecule has 0 aromatic heterocycles. The van der Waals surface area contributed by atoms with E-state index < -0.39 is 10.0 Å². The Morgan fingerprint density at radius 2 is 2.05 bits per heavy atom. The monoisotopic (exact) mass is 300 g/mol. The van der Waals surface area contributed by atoms with Crippen molar-refractivity contribution in [3.8, 4) is 5.75 Å². The van der Waals surface area contributed by atoms with Crippen LogP contribution in [-0.2, 0) is 14.8 Å². The molecule has 1 aromatic rings. The van der Waals surface area contributed by atoms with Gasteiger partial charge in [0.15, 0.2) is 0 Å². The number of nitrogens with two attached hydrogens (primary N) is 1. The van der Waals surface area contributed by atoms with Crippen molar-refractivity contribution in [2.24, 2.45) is 0 Å². The first-order valence-electron chi connectivity index (χ1n) is 6.62. The smallest absolute Gasteiger partial charge is 0.217 e. The van der Waals surface area contributed by atoms with Gasteiger partial charge in [-0.15, -0.1) is 0 Å². The van der Waals surface area contributed by atoms with Crippen molar-refractivity contribution in [1.82, 2.24) is 4.31 Å². The molecule has 1 fully saturated rings. The van der Waals surface area contributed by atoms with Crippen LogP contribution in [0.25, 0.3) is 0 Å². The fraction of sp³-hybridized carbons (Fsp3) is 0.538. The lowest BCUT2D eigenvalue weighted by molar-refractivity contribution is 0.148. The summed E-state index contributed by atoms with van der Waals surface area (Å²) in [5.41, 5.74) is 6.24. The molecule has 112 valence electrons. The maximum absolute atomic E-state index is 12.2. The minimum Gasteiger partial charge on any atom is -0.490 e. The molecule has 2 rings (SSSR count). The van der Waals surface area contributed by atoms with Crippen LogP contribution in [0.2, 0.25) is 0 Å². The lowest BCUT2D eigenvalue weighted by atomic mass is 10.3. The number of ether oxygens (including phenoxy) is 2. The number of para-hydroxylation sites is 2. The highest BCUT2D eigenvalue weighted by atomic mass is 32.2. The Morgan fingerprint density at radius 3 is 2.85 bits per heavy atom. The molecule has 7 heteroatoms. The van der Waals surface area contributed by atoms with Gasteiger partial charge in [-0.05, 0) is 18.6 Å². The van der Waals surface area contributed by atoms with E-state index in [0.717, 1.165) is 6.42 Å². The van der Waals surface area contributed by atoms with Crippen LogP contribution < -0.4 is 10.5 Å². The number of sulfonamides is 1. The first kappa shape index (κ1) is 15.1. The Kier molecular flexibility index (Phi) is 5.22. The minimum atomic E-state index is -3.30. The van der Waals surface area contributed by atoms with Gasteiger partial charge in [-0.3, -0.25) is 0 Å². The Balaban J connectivity index is 1.87. The molecule has 20 heavy (non-hydrogen) atoms. The third kappa shape index (κ3) is 4.09. The van der Waals surface area contributed by atoms with E-state index in [4.69, 9.17) is 15.2 Å². The molecule has 1 saturated heterocycles. The van der Waals surface area contributed by atoms with Gasteiger partial charge >= 0.3 is 0 Å². The number of nitrogen functional groups attached to an aromatic ring is 1. The number of anilines is 1. The highest BCUT2D eigenvalue weighted by molar-refractivity contribution is 7.89. The average Bonchev–Trinajstić information content (AvgIpc) is 2.70. The van der Waals surface area contributed by atoms with Crippen molar-refractivity contribution in [1.29, 1.82) is 0 Å².